The van der Waals surface area contributed by atoms with Gasteiger partial charge in [-0.2, -0.15) is 0 Å². The number of carbonyl (C=O) groups excluding carboxylic acids is 1. The molecule has 0 spiro atoms. The topological polar surface area (TPSA) is 101 Å². The number of hydrogen-bond acceptors (Lipinski definition) is 5. The molecule has 20 heavy (non-hydrogen) atoms. The highest BCUT2D eigenvalue weighted by Crippen LogP contribution is 2.28. The Morgan fingerprint density at radius 2 is 2.20 bits per heavy atom. The monoisotopic (exact) mass is 296 g/mol. The summed E-state index contributed by atoms with van der Waals surface area (Å²) in [4.78, 5) is 35.1. The summed E-state index contributed by atoms with van der Waals surface area (Å²) in [5.41, 5.74) is 0.132. The molecule has 8 heteroatoms. The number of aliphatic carboxylic acids is 1. The van der Waals surface area contributed by atoms with E-state index in [1.165, 1.54) is 28.8 Å². The molecule has 1 aliphatic heterocycles. The number of nitrogens with zero attached hydrogens (tertiary/aromatic N) is 2. The van der Waals surface area contributed by atoms with Gasteiger partial charge in [0.25, 0.3) is 11.6 Å². The lowest BCUT2D eigenvalue weighted by Crippen LogP contribution is -2.42. The fourth-order valence-corrected chi connectivity index (χ4v) is 3.22. The minimum absolute atomic E-state index is 0.0359. The van der Waals surface area contributed by atoms with Crippen molar-refractivity contribution in [3.05, 3.63) is 39.4 Å². The van der Waals surface area contributed by atoms with E-state index in [1.807, 2.05) is 0 Å². The number of benzene rings is 1. The number of nitro benzene ring substituents is 1. The highest BCUT2D eigenvalue weighted by molar-refractivity contribution is 7.99. The molecule has 1 amide bonds. The van der Waals surface area contributed by atoms with E-state index in [1.54, 1.807) is 13.0 Å². The van der Waals surface area contributed by atoms with Crippen LogP contribution < -0.4 is 0 Å². The lowest BCUT2D eigenvalue weighted by Gasteiger charge is -2.21. The highest BCUT2D eigenvalue weighted by atomic mass is 32.2. The maximum Gasteiger partial charge on any atom is 0.327 e. The van der Waals surface area contributed by atoms with Crippen molar-refractivity contribution in [2.75, 3.05) is 11.6 Å². The van der Waals surface area contributed by atoms with Gasteiger partial charge in [-0.05, 0) is 12.5 Å². The molecule has 1 atom stereocenters. The summed E-state index contributed by atoms with van der Waals surface area (Å²) in [7, 11) is 0. The van der Waals surface area contributed by atoms with Crippen molar-refractivity contribution in [2.45, 2.75) is 13.0 Å². The maximum atomic E-state index is 12.5. The Hall–Kier alpha value is -2.09. The van der Waals surface area contributed by atoms with Crippen LogP contribution in [0.15, 0.2) is 18.2 Å². The van der Waals surface area contributed by atoms with Gasteiger partial charge in [0.05, 0.1) is 10.8 Å². The van der Waals surface area contributed by atoms with E-state index in [4.69, 9.17) is 5.11 Å². The Labute approximate surface area is 118 Å². The van der Waals surface area contributed by atoms with Crippen LogP contribution in [0.4, 0.5) is 5.69 Å². The zero-order chi connectivity index (χ0) is 14.9. The first kappa shape index (κ1) is 14.3. The van der Waals surface area contributed by atoms with Crippen LogP contribution in [0.2, 0.25) is 0 Å². The van der Waals surface area contributed by atoms with Crippen LogP contribution >= 0.6 is 11.8 Å². The second-order valence-corrected chi connectivity index (χ2v) is 5.35. The van der Waals surface area contributed by atoms with Gasteiger partial charge in [0.1, 0.15) is 11.6 Å². The lowest BCUT2D eigenvalue weighted by molar-refractivity contribution is -0.385. The van der Waals surface area contributed by atoms with E-state index in [0.717, 1.165) is 0 Å². The van der Waals surface area contributed by atoms with Crippen molar-refractivity contribution in [3.63, 3.8) is 0 Å². The fourth-order valence-electron chi connectivity index (χ4n) is 2.07. The zero-order valence-electron chi connectivity index (χ0n) is 10.6. The van der Waals surface area contributed by atoms with Crippen LogP contribution in [-0.2, 0) is 4.79 Å². The molecule has 1 aliphatic rings. The molecular weight excluding hydrogens is 284 g/mol. The summed E-state index contributed by atoms with van der Waals surface area (Å²) >= 11 is 1.32. The third-order valence-corrected chi connectivity index (χ3v) is 4.10. The van der Waals surface area contributed by atoms with Crippen molar-refractivity contribution < 1.29 is 19.6 Å². The smallest absolute Gasteiger partial charge is 0.327 e. The number of carboxylic acid groups (broad SMARTS) is 1. The average molecular weight is 296 g/mol. The molecule has 0 unspecified atom stereocenters. The summed E-state index contributed by atoms with van der Waals surface area (Å²) < 4.78 is 0. The molecule has 0 radical (unpaired) electrons. The summed E-state index contributed by atoms with van der Waals surface area (Å²) in [6, 6.07) is 3.41. The van der Waals surface area contributed by atoms with Gasteiger partial charge in [-0.15, -0.1) is 11.8 Å². The van der Waals surface area contributed by atoms with E-state index in [2.05, 4.69) is 0 Å². The molecular formula is C12H12N2O5S. The van der Waals surface area contributed by atoms with Gasteiger partial charge >= 0.3 is 5.97 Å². The number of aryl methyl sites for hydroxylation is 1. The van der Waals surface area contributed by atoms with Crippen molar-refractivity contribution in [1.82, 2.24) is 4.90 Å². The first-order valence-corrected chi connectivity index (χ1v) is 6.94. The Morgan fingerprint density at radius 3 is 2.80 bits per heavy atom. The molecule has 7 nitrogen and oxygen atoms in total. The van der Waals surface area contributed by atoms with Crippen LogP contribution in [0.5, 0.6) is 0 Å². The van der Waals surface area contributed by atoms with Crippen molar-refractivity contribution in [1.29, 1.82) is 0 Å². The predicted octanol–water partition coefficient (Wildman–Crippen LogP) is 1.50. The Morgan fingerprint density at radius 1 is 1.50 bits per heavy atom. The number of carboxylic acids is 1. The van der Waals surface area contributed by atoms with Crippen LogP contribution in [0, 0.1) is 17.0 Å². The molecule has 0 aliphatic carbocycles. The Bertz CT molecular complexity index is 589. The largest absolute Gasteiger partial charge is 0.480 e. The van der Waals surface area contributed by atoms with Crippen LogP contribution in [-0.4, -0.2) is 44.5 Å². The number of amides is 1. The first-order chi connectivity index (χ1) is 9.43. The molecule has 1 aromatic carbocycles. The molecule has 0 saturated carbocycles. The van der Waals surface area contributed by atoms with Crippen molar-refractivity contribution in [3.8, 4) is 0 Å². The van der Waals surface area contributed by atoms with Crippen molar-refractivity contribution in [2.24, 2.45) is 0 Å². The molecule has 106 valence electrons. The maximum absolute atomic E-state index is 12.5. The van der Waals surface area contributed by atoms with Crippen LogP contribution in [0.1, 0.15) is 15.9 Å². The van der Waals surface area contributed by atoms with Gasteiger partial charge in [-0.1, -0.05) is 12.1 Å². The second-order valence-electron chi connectivity index (χ2n) is 4.36. The summed E-state index contributed by atoms with van der Waals surface area (Å²) in [5.74, 6) is -1.19. The number of hydrogen-bond donors (Lipinski definition) is 1. The highest BCUT2D eigenvalue weighted by Gasteiger charge is 2.37. The predicted molar refractivity (Wildman–Crippen MR) is 72.8 cm³/mol. The quantitative estimate of drug-likeness (QED) is 0.670. The summed E-state index contributed by atoms with van der Waals surface area (Å²) in [6.07, 6.45) is 0. The second kappa shape index (κ2) is 5.49. The average Bonchev–Trinajstić information content (AvgIpc) is 2.86. The van der Waals surface area contributed by atoms with E-state index < -0.39 is 22.8 Å². The van der Waals surface area contributed by atoms with Gasteiger partial charge in [0.2, 0.25) is 0 Å². The summed E-state index contributed by atoms with van der Waals surface area (Å²) in [6.45, 7) is 1.60. The lowest BCUT2D eigenvalue weighted by atomic mass is 10.0. The molecule has 1 N–H and O–H groups in total. The third-order valence-electron chi connectivity index (χ3n) is 3.09. The molecule has 1 aromatic rings. The number of rotatable bonds is 3. The normalized spacial score (nSPS) is 18.1. The van der Waals surface area contributed by atoms with Crippen LogP contribution in [0.3, 0.4) is 0 Å². The van der Waals surface area contributed by atoms with Gasteiger partial charge in [0.15, 0.2) is 0 Å². The first-order valence-electron chi connectivity index (χ1n) is 5.79. The number of nitro groups is 1. The Balaban J connectivity index is 2.44. The standard InChI is InChI=1S/C12H12N2O5S/c1-7-3-2-4-8(14(18)19)10(7)11(15)13-6-20-5-9(13)12(16)17/h2-4,9H,5-6H2,1H3,(H,16,17)/t9-/m0/s1. The molecule has 1 saturated heterocycles. The number of carbonyl (C=O) groups is 2. The Kier molecular flexibility index (Phi) is 3.93. The third kappa shape index (κ3) is 2.46. The molecule has 1 heterocycles. The minimum Gasteiger partial charge on any atom is -0.480 e. The van der Waals surface area contributed by atoms with E-state index in [-0.39, 0.29) is 17.1 Å². The van der Waals surface area contributed by atoms with E-state index in [9.17, 15) is 19.7 Å². The van der Waals surface area contributed by atoms with Crippen LogP contribution in [0.25, 0.3) is 0 Å². The van der Waals surface area contributed by atoms with Gasteiger partial charge < -0.3 is 10.0 Å². The molecule has 1 fully saturated rings. The number of thioether (sulfide) groups is 1. The SMILES string of the molecule is Cc1cccc([N+](=O)[O-])c1C(=O)N1CSC[C@H]1C(=O)O. The van der Waals surface area contributed by atoms with E-state index in [0.29, 0.717) is 11.3 Å². The van der Waals surface area contributed by atoms with Crippen molar-refractivity contribution >= 4 is 29.3 Å². The molecule has 0 bridgehead atoms. The van der Waals surface area contributed by atoms with Gasteiger partial charge in [-0.25, -0.2) is 4.79 Å². The molecule has 0 aromatic heterocycles. The van der Waals surface area contributed by atoms with Gasteiger partial charge in [-0.3, -0.25) is 14.9 Å². The van der Waals surface area contributed by atoms with E-state index >= 15 is 0 Å². The summed E-state index contributed by atoms with van der Waals surface area (Å²) in [5, 5.41) is 20.1. The fraction of sp³-hybridized carbons (Fsp3) is 0.333. The van der Waals surface area contributed by atoms with Gasteiger partial charge in [0, 0.05) is 11.8 Å². The molecule has 2 rings (SSSR count). The zero-order valence-corrected chi connectivity index (χ0v) is 11.4. The minimum atomic E-state index is -1.10.